The second-order valence-corrected chi connectivity index (χ2v) is 5.48. The van der Waals surface area contributed by atoms with Crippen molar-refractivity contribution >= 4 is 5.91 Å². The number of carbonyl (C=O) groups is 1. The van der Waals surface area contributed by atoms with Gasteiger partial charge in [-0.1, -0.05) is 32.0 Å². The number of rotatable bonds is 8. The Bertz CT molecular complexity index is 448. The van der Waals surface area contributed by atoms with E-state index in [4.69, 9.17) is 10.5 Å². The number of para-hydroxylation sites is 1. The van der Waals surface area contributed by atoms with Gasteiger partial charge < -0.3 is 15.4 Å². The van der Waals surface area contributed by atoms with E-state index in [9.17, 15) is 4.79 Å². The molecular weight excluding hydrogens is 264 g/mol. The topological polar surface area (TPSA) is 55.6 Å². The molecule has 1 aromatic rings. The van der Waals surface area contributed by atoms with E-state index in [-0.39, 0.29) is 5.91 Å². The molecule has 0 fully saturated rings. The number of amides is 1. The summed E-state index contributed by atoms with van der Waals surface area (Å²) in [5, 5.41) is 0. The van der Waals surface area contributed by atoms with Gasteiger partial charge >= 0.3 is 0 Å². The zero-order chi connectivity index (χ0) is 15.9. The van der Waals surface area contributed by atoms with Crippen LogP contribution in [-0.4, -0.2) is 38.1 Å². The lowest BCUT2D eigenvalue weighted by Crippen LogP contribution is -2.46. The number of ether oxygens (including phenoxy) is 1. The molecule has 0 aromatic heterocycles. The highest BCUT2D eigenvalue weighted by Gasteiger charge is 2.35. The Hall–Kier alpha value is -1.55. The third-order valence-corrected chi connectivity index (χ3v) is 4.45. The number of hydrogen-bond acceptors (Lipinski definition) is 3. The largest absolute Gasteiger partial charge is 0.496 e. The molecule has 0 heterocycles. The molecule has 0 radical (unpaired) electrons. The average molecular weight is 292 g/mol. The van der Waals surface area contributed by atoms with Crippen molar-refractivity contribution in [3.63, 3.8) is 0 Å². The van der Waals surface area contributed by atoms with E-state index < -0.39 is 5.41 Å². The molecule has 0 saturated carbocycles. The summed E-state index contributed by atoms with van der Waals surface area (Å²) in [6.07, 6.45) is 2.33. The first-order valence-corrected chi connectivity index (χ1v) is 7.62. The maximum Gasteiger partial charge on any atom is 0.229 e. The first-order chi connectivity index (χ1) is 10.0. The summed E-state index contributed by atoms with van der Waals surface area (Å²) in [7, 11) is 3.52. The fourth-order valence-corrected chi connectivity index (χ4v) is 2.63. The summed E-state index contributed by atoms with van der Waals surface area (Å²) in [6.45, 7) is 5.13. The maximum atomic E-state index is 12.6. The minimum atomic E-state index is -0.421. The molecule has 2 N–H and O–H groups in total. The fraction of sp³-hybridized carbons (Fsp3) is 0.588. The van der Waals surface area contributed by atoms with Crippen LogP contribution >= 0.6 is 0 Å². The van der Waals surface area contributed by atoms with Crippen LogP contribution in [0.1, 0.15) is 32.3 Å². The zero-order valence-corrected chi connectivity index (χ0v) is 13.7. The Balaban J connectivity index is 2.73. The summed E-state index contributed by atoms with van der Waals surface area (Å²) >= 11 is 0. The molecule has 0 bridgehead atoms. The molecule has 4 heteroatoms. The van der Waals surface area contributed by atoms with Gasteiger partial charge in [0.25, 0.3) is 0 Å². The highest BCUT2D eigenvalue weighted by molar-refractivity contribution is 5.82. The standard InChI is InChI=1S/C17H28N2O2/c1-5-17(6-2,13-18)16(20)19(3)12-11-14-9-7-8-10-15(14)21-4/h7-10H,5-6,11-13,18H2,1-4H3. The van der Waals surface area contributed by atoms with E-state index in [0.717, 1.165) is 30.6 Å². The van der Waals surface area contributed by atoms with Gasteiger partial charge in [0.05, 0.1) is 12.5 Å². The van der Waals surface area contributed by atoms with Crippen LogP contribution in [0.4, 0.5) is 0 Å². The average Bonchev–Trinajstić information content (AvgIpc) is 2.54. The number of hydrogen-bond donors (Lipinski definition) is 1. The van der Waals surface area contributed by atoms with Gasteiger partial charge in [0.2, 0.25) is 5.91 Å². The molecule has 4 nitrogen and oxygen atoms in total. The lowest BCUT2D eigenvalue weighted by atomic mass is 9.81. The quantitative estimate of drug-likeness (QED) is 0.801. The van der Waals surface area contributed by atoms with Gasteiger partial charge in [-0.05, 0) is 30.9 Å². The number of carbonyl (C=O) groups excluding carboxylic acids is 1. The van der Waals surface area contributed by atoms with Crippen molar-refractivity contribution in [1.82, 2.24) is 4.90 Å². The molecule has 0 atom stereocenters. The Morgan fingerprint density at radius 3 is 2.43 bits per heavy atom. The van der Waals surface area contributed by atoms with Crippen molar-refractivity contribution in [1.29, 1.82) is 0 Å². The summed E-state index contributed by atoms with van der Waals surface area (Å²) < 4.78 is 5.35. The van der Waals surface area contributed by atoms with Gasteiger partial charge in [-0.3, -0.25) is 4.79 Å². The molecule has 0 aliphatic heterocycles. The van der Waals surface area contributed by atoms with E-state index in [0.29, 0.717) is 13.1 Å². The monoisotopic (exact) mass is 292 g/mol. The third-order valence-electron chi connectivity index (χ3n) is 4.45. The molecule has 0 spiro atoms. The van der Waals surface area contributed by atoms with E-state index in [1.165, 1.54) is 0 Å². The highest BCUT2D eigenvalue weighted by Crippen LogP contribution is 2.27. The molecule has 118 valence electrons. The van der Waals surface area contributed by atoms with E-state index in [1.54, 1.807) is 12.0 Å². The van der Waals surface area contributed by atoms with Crippen molar-refractivity contribution in [3.05, 3.63) is 29.8 Å². The number of nitrogens with zero attached hydrogens (tertiary/aromatic N) is 1. The van der Waals surface area contributed by atoms with Gasteiger partial charge in [-0.2, -0.15) is 0 Å². The van der Waals surface area contributed by atoms with Crippen LogP contribution in [0.3, 0.4) is 0 Å². The van der Waals surface area contributed by atoms with Crippen LogP contribution in [0.5, 0.6) is 5.75 Å². The van der Waals surface area contributed by atoms with Crippen molar-refractivity contribution in [3.8, 4) is 5.75 Å². The van der Waals surface area contributed by atoms with Gasteiger partial charge in [-0.25, -0.2) is 0 Å². The molecule has 1 amide bonds. The highest BCUT2D eigenvalue weighted by atomic mass is 16.5. The summed E-state index contributed by atoms with van der Waals surface area (Å²) in [6, 6.07) is 7.92. The zero-order valence-electron chi connectivity index (χ0n) is 13.7. The molecule has 0 aliphatic rings. The van der Waals surface area contributed by atoms with Crippen molar-refractivity contribution in [2.24, 2.45) is 11.1 Å². The number of methoxy groups -OCH3 is 1. The van der Waals surface area contributed by atoms with Gasteiger partial charge in [0.1, 0.15) is 5.75 Å². The molecule has 1 rings (SSSR count). The van der Waals surface area contributed by atoms with E-state index in [1.807, 2.05) is 45.2 Å². The Labute approximate surface area is 128 Å². The number of likely N-dealkylation sites (N-methyl/N-ethyl adjacent to an activating group) is 1. The molecule has 0 aliphatic carbocycles. The molecule has 1 aromatic carbocycles. The lowest BCUT2D eigenvalue weighted by Gasteiger charge is -2.33. The predicted octanol–water partition coefficient (Wildman–Crippen LogP) is 2.46. The smallest absolute Gasteiger partial charge is 0.229 e. The van der Waals surface area contributed by atoms with E-state index in [2.05, 4.69) is 0 Å². The normalized spacial score (nSPS) is 11.3. The molecule has 0 saturated heterocycles. The van der Waals surface area contributed by atoms with Crippen LogP contribution in [-0.2, 0) is 11.2 Å². The SMILES string of the molecule is CCC(CC)(CN)C(=O)N(C)CCc1ccccc1OC. The molecule has 0 unspecified atom stereocenters. The minimum absolute atomic E-state index is 0.143. The first-order valence-electron chi connectivity index (χ1n) is 7.62. The molecule has 21 heavy (non-hydrogen) atoms. The van der Waals surface area contributed by atoms with Crippen molar-refractivity contribution < 1.29 is 9.53 Å². The van der Waals surface area contributed by atoms with Gasteiger partial charge in [0.15, 0.2) is 0 Å². The van der Waals surface area contributed by atoms with Crippen LogP contribution < -0.4 is 10.5 Å². The Morgan fingerprint density at radius 2 is 1.90 bits per heavy atom. The summed E-state index contributed by atoms with van der Waals surface area (Å²) in [5.41, 5.74) is 6.55. The maximum absolute atomic E-state index is 12.6. The second kappa shape index (κ2) is 8.03. The third kappa shape index (κ3) is 3.97. The van der Waals surface area contributed by atoms with Crippen molar-refractivity contribution in [2.75, 3.05) is 27.2 Å². The Morgan fingerprint density at radius 1 is 1.29 bits per heavy atom. The number of nitrogens with two attached hydrogens (primary N) is 1. The van der Waals surface area contributed by atoms with Gasteiger partial charge in [-0.15, -0.1) is 0 Å². The fourth-order valence-electron chi connectivity index (χ4n) is 2.63. The van der Waals surface area contributed by atoms with Crippen LogP contribution in [0.25, 0.3) is 0 Å². The van der Waals surface area contributed by atoms with Crippen LogP contribution in [0, 0.1) is 5.41 Å². The minimum Gasteiger partial charge on any atom is -0.496 e. The van der Waals surface area contributed by atoms with Gasteiger partial charge in [0, 0.05) is 20.1 Å². The lowest BCUT2D eigenvalue weighted by molar-refractivity contribution is -0.140. The second-order valence-electron chi connectivity index (χ2n) is 5.48. The summed E-state index contributed by atoms with van der Waals surface area (Å²) in [5.74, 6) is 1.01. The number of benzene rings is 1. The Kier molecular flexibility index (Phi) is 6.69. The first kappa shape index (κ1) is 17.5. The van der Waals surface area contributed by atoms with Crippen LogP contribution in [0.15, 0.2) is 24.3 Å². The van der Waals surface area contributed by atoms with Crippen molar-refractivity contribution in [2.45, 2.75) is 33.1 Å². The van der Waals surface area contributed by atoms with Crippen LogP contribution in [0.2, 0.25) is 0 Å². The van der Waals surface area contributed by atoms with E-state index >= 15 is 0 Å². The predicted molar refractivity (Wildman–Crippen MR) is 86.4 cm³/mol. The molecular formula is C17H28N2O2. The summed E-state index contributed by atoms with van der Waals surface area (Å²) in [4.78, 5) is 14.4.